The number of ether oxygens (including phenoxy) is 1. The van der Waals surface area contributed by atoms with Crippen LogP contribution in [0, 0.1) is 6.92 Å². The van der Waals surface area contributed by atoms with Crippen LogP contribution >= 0.6 is 0 Å². The summed E-state index contributed by atoms with van der Waals surface area (Å²) in [7, 11) is 0. The van der Waals surface area contributed by atoms with Crippen molar-refractivity contribution in [1.82, 2.24) is 10.6 Å². The van der Waals surface area contributed by atoms with Crippen LogP contribution in [-0.4, -0.2) is 31.5 Å². The summed E-state index contributed by atoms with van der Waals surface area (Å²) in [6.07, 6.45) is 0.278. The van der Waals surface area contributed by atoms with Gasteiger partial charge in [0.1, 0.15) is 5.75 Å². The van der Waals surface area contributed by atoms with Gasteiger partial charge in [-0.25, -0.2) is 0 Å². The molecule has 0 spiro atoms. The van der Waals surface area contributed by atoms with Crippen LogP contribution in [0.25, 0.3) is 0 Å². The summed E-state index contributed by atoms with van der Waals surface area (Å²) in [6, 6.07) is 16.7. The molecule has 2 amide bonds. The Morgan fingerprint density at radius 2 is 1.71 bits per heavy atom. The number of hydrogen-bond donors (Lipinski definition) is 2. The monoisotopic (exact) mass is 326 g/mol. The Hall–Kier alpha value is -2.82. The third kappa shape index (κ3) is 6.12. The molecule has 0 bridgehead atoms. The van der Waals surface area contributed by atoms with Crippen LogP contribution in [0.2, 0.25) is 0 Å². The molecule has 2 aromatic carbocycles. The minimum absolute atomic E-state index is 0.101. The maximum atomic E-state index is 11.9. The third-order valence-electron chi connectivity index (χ3n) is 3.35. The molecule has 0 aliphatic carbocycles. The smallest absolute Gasteiger partial charge is 0.251 e. The number of aryl methyl sites for hydroxylation is 1. The summed E-state index contributed by atoms with van der Waals surface area (Å²) in [4.78, 5) is 23.6. The van der Waals surface area contributed by atoms with Gasteiger partial charge in [-0.1, -0.05) is 35.9 Å². The van der Waals surface area contributed by atoms with Crippen molar-refractivity contribution >= 4 is 11.8 Å². The van der Waals surface area contributed by atoms with E-state index in [1.807, 2.05) is 55.5 Å². The molecule has 0 saturated heterocycles. The molecule has 0 heterocycles. The molecule has 2 aromatic rings. The highest BCUT2D eigenvalue weighted by atomic mass is 16.5. The topological polar surface area (TPSA) is 67.4 Å². The zero-order valence-corrected chi connectivity index (χ0v) is 13.7. The molecule has 0 saturated carbocycles. The highest BCUT2D eigenvalue weighted by molar-refractivity contribution is 5.94. The molecule has 0 aliphatic rings. The van der Waals surface area contributed by atoms with E-state index in [0.29, 0.717) is 25.3 Å². The normalized spacial score (nSPS) is 10.0. The van der Waals surface area contributed by atoms with Gasteiger partial charge in [0.25, 0.3) is 5.91 Å². The maximum absolute atomic E-state index is 11.9. The summed E-state index contributed by atoms with van der Waals surface area (Å²) < 4.78 is 5.46. The van der Waals surface area contributed by atoms with Crippen molar-refractivity contribution in [3.8, 4) is 5.75 Å². The Bertz CT molecular complexity index is 671. The van der Waals surface area contributed by atoms with Crippen molar-refractivity contribution in [1.29, 1.82) is 0 Å². The van der Waals surface area contributed by atoms with Crippen LogP contribution in [0.5, 0.6) is 5.75 Å². The first kappa shape index (κ1) is 17.5. The van der Waals surface area contributed by atoms with Gasteiger partial charge in [-0.15, -0.1) is 0 Å². The summed E-state index contributed by atoms with van der Waals surface area (Å²) in [5.41, 5.74) is 1.66. The molecule has 5 heteroatoms. The Morgan fingerprint density at radius 1 is 0.958 bits per heavy atom. The molecule has 0 atom stereocenters. The van der Waals surface area contributed by atoms with E-state index in [2.05, 4.69) is 10.6 Å². The number of amides is 2. The molecule has 2 rings (SSSR count). The van der Waals surface area contributed by atoms with E-state index in [4.69, 9.17) is 4.74 Å². The average Bonchev–Trinajstić information content (AvgIpc) is 2.59. The summed E-state index contributed by atoms with van der Waals surface area (Å²) >= 11 is 0. The first-order valence-corrected chi connectivity index (χ1v) is 7.94. The van der Waals surface area contributed by atoms with Crippen LogP contribution < -0.4 is 15.4 Å². The second-order valence-corrected chi connectivity index (χ2v) is 5.39. The van der Waals surface area contributed by atoms with E-state index < -0.39 is 0 Å². The minimum Gasteiger partial charge on any atom is -0.493 e. The fourth-order valence-corrected chi connectivity index (χ4v) is 2.13. The number of rotatable bonds is 8. The Morgan fingerprint density at radius 3 is 2.46 bits per heavy atom. The molecule has 5 nitrogen and oxygen atoms in total. The molecule has 0 aliphatic heterocycles. The summed E-state index contributed by atoms with van der Waals surface area (Å²) in [6.45, 7) is 3.04. The zero-order chi connectivity index (χ0) is 17.2. The Balaban J connectivity index is 1.58. The molecule has 0 fully saturated rings. The fourth-order valence-electron chi connectivity index (χ4n) is 2.13. The van der Waals surface area contributed by atoms with Crippen LogP contribution in [0.15, 0.2) is 54.6 Å². The predicted molar refractivity (Wildman–Crippen MR) is 93.1 cm³/mol. The van der Waals surface area contributed by atoms with E-state index in [0.717, 1.165) is 11.3 Å². The van der Waals surface area contributed by atoms with Crippen LogP contribution in [0.1, 0.15) is 22.3 Å². The van der Waals surface area contributed by atoms with E-state index in [1.165, 1.54) is 0 Å². The van der Waals surface area contributed by atoms with Gasteiger partial charge in [0.2, 0.25) is 5.91 Å². The molecular weight excluding hydrogens is 304 g/mol. The van der Waals surface area contributed by atoms with Gasteiger partial charge >= 0.3 is 0 Å². The van der Waals surface area contributed by atoms with Gasteiger partial charge in [-0.2, -0.15) is 0 Å². The first-order valence-electron chi connectivity index (χ1n) is 7.94. The second kappa shape index (κ2) is 9.35. The van der Waals surface area contributed by atoms with Gasteiger partial charge in [0.05, 0.1) is 13.0 Å². The van der Waals surface area contributed by atoms with Crippen molar-refractivity contribution in [2.45, 2.75) is 13.3 Å². The standard InChI is InChI=1S/C19H22N2O3/c1-15-6-5-7-16(14-15)19(23)21-12-11-20-18(22)10-13-24-17-8-3-2-4-9-17/h2-9,14H,10-13H2,1H3,(H,20,22)(H,21,23). The van der Waals surface area contributed by atoms with Crippen molar-refractivity contribution in [3.63, 3.8) is 0 Å². The molecular formula is C19H22N2O3. The van der Waals surface area contributed by atoms with E-state index in [1.54, 1.807) is 6.07 Å². The fraction of sp³-hybridized carbons (Fsp3) is 0.263. The number of carbonyl (C=O) groups excluding carboxylic acids is 2. The van der Waals surface area contributed by atoms with Crippen molar-refractivity contribution in [2.24, 2.45) is 0 Å². The Kier molecular flexibility index (Phi) is 6.83. The van der Waals surface area contributed by atoms with Gasteiger partial charge in [-0.05, 0) is 31.2 Å². The van der Waals surface area contributed by atoms with Crippen molar-refractivity contribution in [3.05, 3.63) is 65.7 Å². The Labute approximate surface area is 142 Å². The lowest BCUT2D eigenvalue weighted by Gasteiger charge is -2.08. The largest absolute Gasteiger partial charge is 0.493 e. The highest BCUT2D eigenvalue weighted by Gasteiger charge is 2.05. The molecule has 0 radical (unpaired) electrons. The highest BCUT2D eigenvalue weighted by Crippen LogP contribution is 2.08. The van der Waals surface area contributed by atoms with Crippen molar-refractivity contribution < 1.29 is 14.3 Å². The second-order valence-electron chi connectivity index (χ2n) is 5.39. The quantitative estimate of drug-likeness (QED) is 0.732. The lowest BCUT2D eigenvalue weighted by Crippen LogP contribution is -2.35. The summed E-state index contributed by atoms with van der Waals surface area (Å²) in [5, 5.41) is 5.53. The van der Waals surface area contributed by atoms with Crippen LogP contribution in [0.3, 0.4) is 0 Å². The SMILES string of the molecule is Cc1cccc(C(=O)NCCNC(=O)CCOc2ccccc2)c1. The van der Waals surface area contributed by atoms with E-state index >= 15 is 0 Å². The summed E-state index contributed by atoms with van der Waals surface area (Å²) in [5.74, 6) is 0.506. The average molecular weight is 326 g/mol. The molecule has 0 unspecified atom stereocenters. The number of carbonyl (C=O) groups is 2. The van der Waals surface area contributed by atoms with Gasteiger partial charge < -0.3 is 15.4 Å². The number of para-hydroxylation sites is 1. The molecule has 126 valence electrons. The lowest BCUT2D eigenvalue weighted by molar-refractivity contribution is -0.121. The van der Waals surface area contributed by atoms with E-state index in [9.17, 15) is 9.59 Å². The number of nitrogens with one attached hydrogen (secondary N) is 2. The van der Waals surface area contributed by atoms with E-state index in [-0.39, 0.29) is 18.2 Å². The van der Waals surface area contributed by atoms with Crippen LogP contribution in [0.4, 0.5) is 0 Å². The molecule has 24 heavy (non-hydrogen) atoms. The first-order chi connectivity index (χ1) is 11.6. The minimum atomic E-state index is -0.139. The predicted octanol–water partition coefficient (Wildman–Crippen LogP) is 2.31. The third-order valence-corrected chi connectivity index (χ3v) is 3.35. The van der Waals surface area contributed by atoms with Crippen molar-refractivity contribution in [2.75, 3.05) is 19.7 Å². The van der Waals surface area contributed by atoms with Gasteiger partial charge in [0, 0.05) is 18.7 Å². The molecule has 0 aromatic heterocycles. The number of benzene rings is 2. The van der Waals surface area contributed by atoms with Gasteiger partial charge in [-0.3, -0.25) is 9.59 Å². The maximum Gasteiger partial charge on any atom is 0.251 e. The molecule has 2 N–H and O–H groups in total. The zero-order valence-electron chi connectivity index (χ0n) is 13.7. The lowest BCUT2D eigenvalue weighted by atomic mass is 10.1. The number of hydrogen-bond acceptors (Lipinski definition) is 3. The van der Waals surface area contributed by atoms with Crippen LogP contribution in [-0.2, 0) is 4.79 Å². The van der Waals surface area contributed by atoms with Gasteiger partial charge in [0.15, 0.2) is 0 Å².